The second kappa shape index (κ2) is 4.41. The van der Waals surface area contributed by atoms with Crippen molar-refractivity contribution in [1.29, 1.82) is 0 Å². The van der Waals surface area contributed by atoms with E-state index in [1.807, 2.05) is 11.8 Å². The Morgan fingerprint density at radius 2 is 2.12 bits per heavy atom. The summed E-state index contributed by atoms with van der Waals surface area (Å²) in [6, 6.07) is 0.236. The molecular weight excluding hydrogens is 218 g/mol. The van der Waals surface area contributed by atoms with Crippen molar-refractivity contribution >= 4 is 11.7 Å². The monoisotopic (exact) mass is 239 g/mol. The molecule has 0 N–H and O–H groups in total. The SMILES string of the molecule is CCOC1CC(N2CCC(=O)CC2=O)C1(C)C. The lowest BCUT2D eigenvalue weighted by atomic mass is 9.63. The van der Waals surface area contributed by atoms with Crippen LogP contribution in [0.25, 0.3) is 0 Å². The molecule has 96 valence electrons. The maximum Gasteiger partial charge on any atom is 0.230 e. The molecule has 0 spiro atoms. The minimum Gasteiger partial charge on any atom is -0.378 e. The number of Topliss-reactive ketones (excluding diaryl/α,β-unsaturated/α-hetero) is 1. The molecule has 2 fully saturated rings. The molecule has 4 heteroatoms. The average molecular weight is 239 g/mol. The number of amides is 1. The highest BCUT2D eigenvalue weighted by atomic mass is 16.5. The van der Waals surface area contributed by atoms with Crippen molar-refractivity contribution in [3.8, 4) is 0 Å². The summed E-state index contributed by atoms with van der Waals surface area (Å²) >= 11 is 0. The van der Waals surface area contributed by atoms with E-state index in [9.17, 15) is 9.59 Å². The first-order chi connectivity index (χ1) is 7.96. The zero-order valence-corrected chi connectivity index (χ0v) is 10.9. The van der Waals surface area contributed by atoms with Crippen LogP contribution in [0, 0.1) is 5.41 Å². The molecule has 0 bridgehead atoms. The summed E-state index contributed by atoms with van der Waals surface area (Å²) in [6.45, 7) is 7.59. The van der Waals surface area contributed by atoms with Crippen LogP contribution in [0.5, 0.6) is 0 Å². The molecule has 2 unspecified atom stereocenters. The second-order valence-electron chi connectivity index (χ2n) is 5.57. The maximum atomic E-state index is 11.9. The van der Waals surface area contributed by atoms with Crippen molar-refractivity contribution < 1.29 is 14.3 Å². The summed E-state index contributed by atoms with van der Waals surface area (Å²) in [5, 5.41) is 0. The smallest absolute Gasteiger partial charge is 0.230 e. The summed E-state index contributed by atoms with van der Waals surface area (Å²) in [5.74, 6) is 0.0685. The summed E-state index contributed by atoms with van der Waals surface area (Å²) in [7, 11) is 0. The molecule has 1 aliphatic heterocycles. The maximum absolute atomic E-state index is 11.9. The highest BCUT2D eigenvalue weighted by Crippen LogP contribution is 2.46. The lowest BCUT2D eigenvalue weighted by molar-refractivity contribution is -0.171. The number of piperidine rings is 1. The van der Waals surface area contributed by atoms with E-state index in [-0.39, 0.29) is 35.7 Å². The van der Waals surface area contributed by atoms with Gasteiger partial charge in [-0.05, 0) is 13.3 Å². The number of carbonyl (C=O) groups is 2. The molecule has 1 heterocycles. The van der Waals surface area contributed by atoms with Crippen LogP contribution in [-0.4, -0.2) is 41.9 Å². The Morgan fingerprint density at radius 1 is 1.41 bits per heavy atom. The Morgan fingerprint density at radius 3 is 2.65 bits per heavy atom. The molecule has 1 saturated heterocycles. The lowest BCUT2D eigenvalue weighted by Gasteiger charge is -2.56. The number of carbonyl (C=O) groups excluding carboxylic acids is 2. The first kappa shape index (κ1) is 12.6. The molecular formula is C13H21NO3. The van der Waals surface area contributed by atoms with Gasteiger partial charge in [0.15, 0.2) is 0 Å². The fraction of sp³-hybridized carbons (Fsp3) is 0.846. The lowest BCUT2D eigenvalue weighted by Crippen LogP contribution is -2.64. The molecule has 0 aromatic heterocycles. The van der Waals surface area contributed by atoms with Gasteiger partial charge in [-0.25, -0.2) is 0 Å². The molecule has 2 aliphatic rings. The number of rotatable bonds is 3. The van der Waals surface area contributed by atoms with Crippen LogP contribution in [0.15, 0.2) is 0 Å². The molecule has 1 amide bonds. The van der Waals surface area contributed by atoms with E-state index in [4.69, 9.17) is 4.74 Å². The van der Waals surface area contributed by atoms with Crippen molar-refractivity contribution in [1.82, 2.24) is 4.90 Å². The van der Waals surface area contributed by atoms with Gasteiger partial charge >= 0.3 is 0 Å². The van der Waals surface area contributed by atoms with E-state index < -0.39 is 0 Å². The van der Waals surface area contributed by atoms with E-state index in [1.54, 1.807) is 0 Å². The molecule has 1 saturated carbocycles. The Hall–Kier alpha value is -0.900. The first-order valence-electron chi connectivity index (χ1n) is 6.39. The highest BCUT2D eigenvalue weighted by Gasteiger charge is 2.53. The largest absolute Gasteiger partial charge is 0.378 e. The van der Waals surface area contributed by atoms with E-state index >= 15 is 0 Å². The molecule has 0 aromatic carbocycles. The van der Waals surface area contributed by atoms with E-state index in [1.165, 1.54) is 0 Å². The first-order valence-corrected chi connectivity index (χ1v) is 6.39. The Balaban J connectivity index is 2.01. The quantitative estimate of drug-likeness (QED) is 0.699. The second-order valence-corrected chi connectivity index (χ2v) is 5.57. The standard InChI is InChI=1S/C13H21NO3/c1-4-17-11-8-10(13(11,2)3)14-6-5-9(15)7-12(14)16/h10-11H,4-8H2,1-3H3. The van der Waals surface area contributed by atoms with Gasteiger partial charge in [0.05, 0.1) is 12.5 Å². The number of hydrogen-bond acceptors (Lipinski definition) is 3. The third kappa shape index (κ3) is 2.10. The van der Waals surface area contributed by atoms with Gasteiger partial charge in [0.1, 0.15) is 5.78 Å². The van der Waals surface area contributed by atoms with Crippen molar-refractivity contribution in [2.75, 3.05) is 13.2 Å². The predicted octanol–water partition coefficient (Wildman–Crippen LogP) is 1.38. The van der Waals surface area contributed by atoms with Gasteiger partial charge < -0.3 is 9.64 Å². The minimum atomic E-state index is -0.00530. The van der Waals surface area contributed by atoms with Crippen LogP contribution in [-0.2, 0) is 14.3 Å². The van der Waals surface area contributed by atoms with Gasteiger partial charge in [0.25, 0.3) is 0 Å². The molecule has 0 aromatic rings. The predicted molar refractivity (Wildman–Crippen MR) is 63.6 cm³/mol. The highest BCUT2D eigenvalue weighted by molar-refractivity contribution is 6.00. The number of hydrogen-bond donors (Lipinski definition) is 0. The summed E-state index contributed by atoms with van der Waals surface area (Å²) in [4.78, 5) is 24.9. The third-order valence-electron chi connectivity index (χ3n) is 4.17. The van der Waals surface area contributed by atoms with Gasteiger partial charge in [0, 0.05) is 31.0 Å². The molecule has 0 radical (unpaired) electrons. The van der Waals surface area contributed by atoms with Gasteiger partial charge in [-0.2, -0.15) is 0 Å². The van der Waals surface area contributed by atoms with Gasteiger partial charge in [-0.15, -0.1) is 0 Å². The molecule has 17 heavy (non-hydrogen) atoms. The average Bonchev–Trinajstić information content (AvgIpc) is 2.25. The van der Waals surface area contributed by atoms with E-state index in [2.05, 4.69) is 13.8 Å². The fourth-order valence-corrected chi connectivity index (χ4v) is 2.94. The molecule has 2 atom stereocenters. The topological polar surface area (TPSA) is 46.6 Å². The number of likely N-dealkylation sites (tertiary alicyclic amines) is 1. The minimum absolute atomic E-state index is 0.00530. The van der Waals surface area contributed by atoms with Crippen LogP contribution >= 0.6 is 0 Å². The number of ether oxygens (including phenoxy) is 1. The Bertz CT molecular complexity index is 338. The van der Waals surface area contributed by atoms with Crippen LogP contribution in [0.3, 0.4) is 0 Å². The van der Waals surface area contributed by atoms with Crippen LogP contribution in [0.4, 0.5) is 0 Å². The number of ketones is 1. The fourth-order valence-electron chi connectivity index (χ4n) is 2.94. The van der Waals surface area contributed by atoms with Gasteiger partial charge in [-0.3, -0.25) is 9.59 Å². The summed E-state index contributed by atoms with van der Waals surface area (Å²) < 4.78 is 5.67. The zero-order valence-electron chi connectivity index (χ0n) is 10.9. The normalized spacial score (nSPS) is 32.5. The van der Waals surface area contributed by atoms with Gasteiger partial charge in [0.2, 0.25) is 5.91 Å². The van der Waals surface area contributed by atoms with Crippen molar-refractivity contribution in [2.24, 2.45) is 5.41 Å². The Kier molecular flexibility index (Phi) is 3.25. The zero-order chi connectivity index (χ0) is 12.6. The molecule has 4 nitrogen and oxygen atoms in total. The van der Waals surface area contributed by atoms with Crippen molar-refractivity contribution in [3.05, 3.63) is 0 Å². The van der Waals surface area contributed by atoms with E-state index in [0.717, 1.165) is 6.42 Å². The molecule has 1 aliphatic carbocycles. The van der Waals surface area contributed by atoms with Crippen molar-refractivity contribution in [3.63, 3.8) is 0 Å². The molecule has 2 rings (SSSR count). The van der Waals surface area contributed by atoms with Crippen LogP contribution < -0.4 is 0 Å². The third-order valence-corrected chi connectivity index (χ3v) is 4.17. The van der Waals surface area contributed by atoms with Crippen LogP contribution in [0.2, 0.25) is 0 Å². The van der Waals surface area contributed by atoms with Gasteiger partial charge in [-0.1, -0.05) is 13.8 Å². The van der Waals surface area contributed by atoms with E-state index in [0.29, 0.717) is 19.6 Å². The Labute approximate surface area is 102 Å². The van der Waals surface area contributed by atoms with Crippen molar-refractivity contribution in [2.45, 2.75) is 52.2 Å². The number of nitrogens with zero attached hydrogens (tertiary/aromatic N) is 1. The summed E-state index contributed by atoms with van der Waals surface area (Å²) in [5.41, 5.74) is 0.00601. The summed E-state index contributed by atoms with van der Waals surface area (Å²) in [6.07, 6.45) is 1.74. The van der Waals surface area contributed by atoms with Crippen LogP contribution in [0.1, 0.15) is 40.0 Å².